The third-order valence-corrected chi connectivity index (χ3v) is 5.89. The number of likely N-dealkylation sites (tertiary alicyclic amines) is 1. The Morgan fingerprint density at radius 3 is 2.54 bits per heavy atom. The minimum atomic E-state index is -0.241. The van der Waals surface area contributed by atoms with Gasteiger partial charge in [-0.2, -0.15) is 0 Å². The number of ether oxygens (including phenoxy) is 1. The maximum absolute atomic E-state index is 12.8. The topological polar surface area (TPSA) is 61.9 Å². The molecule has 2 heterocycles. The SMILES string of the molecule is CC(C)COC(=O)N1CCC(N[C@@H]2CCN(c3ccc(Cl)c(Cl)c3)C2=O)CC1. The maximum atomic E-state index is 12.8. The molecule has 0 saturated carbocycles. The molecule has 0 radical (unpaired) electrons. The van der Waals surface area contributed by atoms with E-state index in [0.29, 0.717) is 42.2 Å². The molecule has 8 heteroatoms. The van der Waals surface area contributed by atoms with Gasteiger partial charge in [0.2, 0.25) is 5.91 Å². The van der Waals surface area contributed by atoms with Gasteiger partial charge in [-0.05, 0) is 43.4 Å². The molecule has 6 nitrogen and oxygen atoms in total. The fourth-order valence-electron chi connectivity index (χ4n) is 3.59. The van der Waals surface area contributed by atoms with Crippen molar-refractivity contribution in [2.45, 2.75) is 45.2 Å². The molecule has 0 bridgehead atoms. The molecule has 2 saturated heterocycles. The van der Waals surface area contributed by atoms with Gasteiger partial charge in [0.1, 0.15) is 0 Å². The Morgan fingerprint density at radius 2 is 1.89 bits per heavy atom. The molecule has 154 valence electrons. The van der Waals surface area contributed by atoms with Crippen LogP contribution in [0.1, 0.15) is 33.1 Å². The van der Waals surface area contributed by atoms with E-state index in [0.717, 1.165) is 24.9 Å². The maximum Gasteiger partial charge on any atom is 0.409 e. The second kappa shape index (κ2) is 9.33. The number of piperidine rings is 1. The van der Waals surface area contributed by atoms with Crippen molar-refractivity contribution in [1.82, 2.24) is 10.2 Å². The number of benzene rings is 1. The van der Waals surface area contributed by atoms with Gasteiger partial charge < -0.3 is 19.9 Å². The van der Waals surface area contributed by atoms with Crippen molar-refractivity contribution in [3.63, 3.8) is 0 Å². The molecule has 2 aliphatic heterocycles. The number of hydrogen-bond acceptors (Lipinski definition) is 4. The van der Waals surface area contributed by atoms with E-state index in [1.807, 2.05) is 19.9 Å². The zero-order chi connectivity index (χ0) is 20.3. The van der Waals surface area contributed by atoms with Crippen LogP contribution >= 0.6 is 23.2 Å². The van der Waals surface area contributed by atoms with Gasteiger partial charge in [-0.15, -0.1) is 0 Å². The third kappa shape index (κ3) is 5.10. The summed E-state index contributed by atoms with van der Waals surface area (Å²) in [6.45, 7) is 6.41. The molecule has 2 fully saturated rings. The van der Waals surface area contributed by atoms with Gasteiger partial charge >= 0.3 is 6.09 Å². The highest BCUT2D eigenvalue weighted by atomic mass is 35.5. The molecule has 0 aromatic heterocycles. The molecule has 0 unspecified atom stereocenters. The lowest BCUT2D eigenvalue weighted by atomic mass is 10.0. The first-order valence-electron chi connectivity index (χ1n) is 9.79. The van der Waals surface area contributed by atoms with Crippen LogP contribution in [0.3, 0.4) is 0 Å². The van der Waals surface area contributed by atoms with Crippen LogP contribution in [0.4, 0.5) is 10.5 Å². The second-order valence-electron chi connectivity index (χ2n) is 7.83. The van der Waals surface area contributed by atoms with Gasteiger partial charge in [0.25, 0.3) is 0 Å². The Morgan fingerprint density at radius 1 is 1.18 bits per heavy atom. The standard InChI is InChI=1S/C20H27Cl2N3O3/c1-13(2)12-28-20(27)24-8-5-14(6-9-24)23-18-7-10-25(19(18)26)15-3-4-16(21)17(22)11-15/h3-4,11,13-14,18,23H,5-10,12H2,1-2H3/t18-/m1/s1. The van der Waals surface area contributed by atoms with Crippen molar-refractivity contribution in [3.05, 3.63) is 28.2 Å². The van der Waals surface area contributed by atoms with E-state index in [1.54, 1.807) is 21.9 Å². The van der Waals surface area contributed by atoms with Crippen LogP contribution in [0.25, 0.3) is 0 Å². The highest BCUT2D eigenvalue weighted by Gasteiger charge is 2.35. The number of nitrogens with one attached hydrogen (secondary N) is 1. The Hall–Kier alpha value is -1.50. The molecule has 28 heavy (non-hydrogen) atoms. The lowest BCUT2D eigenvalue weighted by molar-refractivity contribution is -0.119. The minimum absolute atomic E-state index is 0.0529. The first-order chi connectivity index (χ1) is 13.3. The van der Waals surface area contributed by atoms with Gasteiger partial charge in [-0.25, -0.2) is 4.79 Å². The fourth-order valence-corrected chi connectivity index (χ4v) is 3.88. The van der Waals surface area contributed by atoms with Crippen molar-refractivity contribution in [3.8, 4) is 0 Å². The summed E-state index contributed by atoms with van der Waals surface area (Å²) in [6.07, 6.45) is 2.13. The number of carbonyl (C=O) groups excluding carboxylic acids is 2. The van der Waals surface area contributed by atoms with Crippen LogP contribution in [0.5, 0.6) is 0 Å². The predicted octanol–water partition coefficient (Wildman–Crippen LogP) is 3.95. The van der Waals surface area contributed by atoms with Crippen LogP contribution in [-0.4, -0.2) is 55.2 Å². The summed E-state index contributed by atoms with van der Waals surface area (Å²) in [5.41, 5.74) is 0.770. The van der Waals surface area contributed by atoms with Gasteiger partial charge in [-0.1, -0.05) is 37.0 Å². The second-order valence-corrected chi connectivity index (χ2v) is 8.64. The quantitative estimate of drug-likeness (QED) is 0.772. The van der Waals surface area contributed by atoms with Crippen LogP contribution in [0.15, 0.2) is 18.2 Å². The number of anilines is 1. The van der Waals surface area contributed by atoms with Crippen molar-refractivity contribution >= 4 is 40.9 Å². The van der Waals surface area contributed by atoms with Crippen LogP contribution in [-0.2, 0) is 9.53 Å². The molecule has 2 amide bonds. The van der Waals surface area contributed by atoms with E-state index in [2.05, 4.69) is 5.32 Å². The van der Waals surface area contributed by atoms with Crippen molar-refractivity contribution in [1.29, 1.82) is 0 Å². The summed E-state index contributed by atoms with van der Waals surface area (Å²) in [6, 6.07) is 5.26. The van der Waals surface area contributed by atoms with Crippen molar-refractivity contribution in [2.24, 2.45) is 5.92 Å². The summed E-state index contributed by atoms with van der Waals surface area (Å²) >= 11 is 12.0. The van der Waals surface area contributed by atoms with Crippen molar-refractivity contribution in [2.75, 3.05) is 31.1 Å². The highest BCUT2D eigenvalue weighted by Crippen LogP contribution is 2.30. The summed E-state index contributed by atoms with van der Waals surface area (Å²) in [5, 5.41) is 4.40. The lowest BCUT2D eigenvalue weighted by Crippen LogP contribution is -2.50. The summed E-state index contributed by atoms with van der Waals surface area (Å²) in [7, 11) is 0. The predicted molar refractivity (Wildman–Crippen MR) is 111 cm³/mol. The zero-order valence-electron chi connectivity index (χ0n) is 16.3. The molecule has 1 aromatic carbocycles. The molecule has 1 atom stereocenters. The molecule has 3 rings (SSSR count). The van der Waals surface area contributed by atoms with Crippen LogP contribution in [0, 0.1) is 5.92 Å². The summed E-state index contributed by atoms with van der Waals surface area (Å²) < 4.78 is 5.30. The number of rotatable bonds is 5. The van der Waals surface area contributed by atoms with Crippen molar-refractivity contribution < 1.29 is 14.3 Å². The molecular formula is C20H27Cl2N3O3. The molecule has 1 aromatic rings. The molecule has 2 aliphatic rings. The average molecular weight is 428 g/mol. The van der Waals surface area contributed by atoms with E-state index in [1.165, 1.54) is 0 Å². The number of nitrogens with zero attached hydrogens (tertiary/aromatic N) is 2. The highest BCUT2D eigenvalue weighted by molar-refractivity contribution is 6.42. The average Bonchev–Trinajstić information content (AvgIpc) is 3.03. The van der Waals surface area contributed by atoms with E-state index >= 15 is 0 Å². The lowest BCUT2D eigenvalue weighted by Gasteiger charge is -2.33. The van der Waals surface area contributed by atoms with E-state index in [4.69, 9.17) is 27.9 Å². The number of hydrogen-bond donors (Lipinski definition) is 1. The first kappa shape index (κ1) is 21.2. The Kier molecular flexibility index (Phi) is 7.07. The monoisotopic (exact) mass is 427 g/mol. The first-order valence-corrected chi connectivity index (χ1v) is 10.5. The van der Waals surface area contributed by atoms with Crippen LogP contribution < -0.4 is 10.2 Å². The smallest absolute Gasteiger partial charge is 0.409 e. The zero-order valence-corrected chi connectivity index (χ0v) is 17.8. The van der Waals surface area contributed by atoms with Gasteiger partial charge in [0.15, 0.2) is 0 Å². The molecular weight excluding hydrogens is 401 g/mol. The Bertz CT molecular complexity index is 721. The number of halogens is 2. The normalized spacial score (nSPS) is 20.9. The Balaban J connectivity index is 1.48. The minimum Gasteiger partial charge on any atom is -0.449 e. The van der Waals surface area contributed by atoms with Gasteiger partial charge in [0.05, 0.1) is 22.7 Å². The fraction of sp³-hybridized carbons (Fsp3) is 0.600. The largest absolute Gasteiger partial charge is 0.449 e. The molecule has 0 spiro atoms. The Labute approximate surface area is 176 Å². The third-order valence-electron chi connectivity index (χ3n) is 5.15. The summed E-state index contributed by atoms with van der Waals surface area (Å²) in [5.74, 6) is 0.382. The number of amides is 2. The van der Waals surface area contributed by atoms with Gasteiger partial charge in [0, 0.05) is 31.4 Å². The van der Waals surface area contributed by atoms with Gasteiger partial charge in [-0.3, -0.25) is 4.79 Å². The number of carbonyl (C=O) groups is 2. The van der Waals surface area contributed by atoms with E-state index in [-0.39, 0.29) is 24.1 Å². The molecule has 0 aliphatic carbocycles. The van der Waals surface area contributed by atoms with E-state index < -0.39 is 0 Å². The van der Waals surface area contributed by atoms with Crippen LogP contribution in [0.2, 0.25) is 10.0 Å². The molecule has 1 N–H and O–H groups in total. The summed E-state index contributed by atoms with van der Waals surface area (Å²) in [4.78, 5) is 28.4. The van der Waals surface area contributed by atoms with E-state index in [9.17, 15) is 9.59 Å².